The van der Waals surface area contributed by atoms with E-state index < -0.39 is 0 Å². The van der Waals surface area contributed by atoms with Crippen LogP contribution in [0.5, 0.6) is 11.5 Å². The molecule has 3 rings (SSSR count). The summed E-state index contributed by atoms with van der Waals surface area (Å²) in [5.41, 5.74) is 0.758. The van der Waals surface area contributed by atoms with E-state index in [4.69, 9.17) is 4.74 Å². The van der Waals surface area contributed by atoms with E-state index in [0.29, 0.717) is 17.4 Å². The Morgan fingerprint density at radius 2 is 1.56 bits per heavy atom. The summed E-state index contributed by atoms with van der Waals surface area (Å²) in [7, 11) is 0. The summed E-state index contributed by atoms with van der Waals surface area (Å²) in [6.45, 7) is 3.76. The molecule has 0 fully saturated rings. The van der Waals surface area contributed by atoms with Crippen LogP contribution in [0.25, 0.3) is 0 Å². The second-order valence-electron chi connectivity index (χ2n) is 6.09. The Hall–Kier alpha value is -3.61. The van der Waals surface area contributed by atoms with Gasteiger partial charge in [-0.1, -0.05) is 30.3 Å². The minimum atomic E-state index is -0.318. The summed E-state index contributed by atoms with van der Waals surface area (Å²) in [5.74, 6) is 2.32. The monoisotopic (exact) mass is 363 g/mol. The highest BCUT2D eigenvalue weighted by Crippen LogP contribution is 2.30. The number of hydrogen-bond donors (Lipinski definition) is 3. The highest BCUT2D eigenvalue weighted by molar-refractivity contribution is 5.88. The predicted octanol–water partition coefficient (Wildman–Crippen LogP) is 4.54. The largest absolute Gasteiger partial charge is 0.455 e. The second-order valence-corrected chi connectivity index (χ2v) is 6.09. The third kappa shape index (κ3) is 5.43. The van der Waals surface area contributed by atoms with E-state index in [1.165, 1.54) is 0 Å². The molecule has 2 aromatic carbocycles. The van der Waals surface area contributed by atoms with Crippen LogP contribution in [0.15, 0.2) is 66.7 Å². The number of nitrogens with one attached hydrogen (secondary N) is 3. The van der Waals surface area contributed by atoms with Gasteiger partial charge in [0, 0.05) is 6.04 Å². The lowest BCUT2D eigenvalue weighted by molar-refractivity contribution is 0.250. The van der Waals surface area contributed by atoms with Gasteiger partial charge in [-0.3, -0.25) is 5.32 Å². The van der Waals surface area contributed by atoms with Gasteiger partial charge in [-0.25, -0.2) is 4.79 Å². The van der Waals surface area contributed by atoms with Crippen LogP contribution in [0, 0.1) is 0 Å². The molecule has 7 nitrogen and oxygen atoms in total. The Balaban J connectivity index is 1.68. The molecule has 7 heteroatoms. The van der Waals surface area contributed by atoms with Gasteiger partial charge in [0.25, 0.3) is 0 Å². The molecule has 3 N–H and O–H groups in total. The van der Waals surface area contributed by atoms with Crippen molar-refractivity contribution in [3.63, 3.8) is 0 Å². The maximum absolute atomic E-state index is 11.7. The molecule has 0 atom stereocenters. The molecular weight excluding hydrogens is 342 g/mol. The number of carbonyl (C=O) groups excluding carboxylic acids is 1. The fourth-order valence-electron chi connectivity index (χ4n) is 2.29. The van der Waals surface area contributed by atoms with Crippen molar-refractivity contribution in [1.29, 1.82) is 0 Å². The van der Waals surface area contributed by atoms with Crippen molar-refractivity contribution in [2.75, 3.05) is 10.6 Å². The highest BCUT2D eigenvalue weighted by atomic mass is 16.5. The normalized spacial score (nSPS) is 10.3. The first-order chi connectivity index (χ1) is 13.1. The van der Waals surface area contributed by atoms with E-state index in [1.807, 2.05) is 68.4 Å². The molecule has 2 amide bonds. The fraction of sp³-hybridized carbons (Fsp3) is 0.150. The number of para-hydroxylation sites is 3. The molecule has 0 aliphatic carbocycles. The lowest BCUT2D eigenvalue weighted by atomic mass is 10.3. The lowest BCUT2D eigenvalue weighted by Crippen LogP contribution is -2.34. The van der Waals surface area contributed by atoms with E-state index in [0.717, 1.165) is 11.4 Å². The van der Waals surface area contributed by atoms with Crippen LogP contribution in [0.2, 0.25) is 0 Å². The van der Waals surface area contributed by atoms with E-state index in [-0.39, 0.29) is 12.1 Å². The number of hydrogen-bond acceptors (Lipinski definition) is 5. The Bertz CT molecular complexity index is 882. The minimum Gasteiger partial charge on any atom is -0.455 e. The Morgan fingerprint density at radius 3 is 2.26 bits per heavy atom. The number of urea groups is 1. The first-order valence-corrected chi connectivity index (χ1v) is 8.60. The fourth-order valence-corrected chi connectivity index (χ4v) is 2.29. The van der Waals surface area contributed by atoms with Gasteiger partial charge < -0.3 is 15.4 Å². The van der Waals surface area contributed by atoms with Crippen molar-refractivity contribution >= 4 is 23.4 Å². The SMILES string of the molecule is CC(C)NC(=O)Nc1ccc(Nc2ccccc2Oc2ccccc2)nn1. The van der Waals surface area contributed by atoms with Crippen molar-refractivity contribution in [3.8, 4) is 11.5 Å². The standard InChI is InChI=1S/C20H21N5O2/c1-14(2)21-20(26)23-19-13-12-18(24-25-19)22-16-10-6-7-11-17(16)27-15-8-4-3-5-9-15/h3-14H,1-2H3,(H,22,24)(H2,21,23,25,26). The highest BCUT2D eigenvalue weighted by Gasteiger charge is 2.08. The van der Waals surface area contributed by atoms with Crippen molar-refractivity contribution in [2.45, 2.75) is 19.9 Å². The van der Waals surface area contributed by atoms with Gasteiger partial charge in [-0.05, 0) is 50.2 Å². The quantitative estimate of drug-likeness (QED) is 0.598. The van der Waals surface area contributed by atoms with E-state index in [1.54, 1.807) is 12.1 Å². The average molecular weight is 363 g/mol. The summed E-state index contributed by atoms with van der Waals surface area (Å²) in [6.07, 6.45) is 0. The van der Waals surface area contributed by atoms with Gasteiger partial charge in [-0.2, -0.15) is 0 Å². The summed E-state index contributed by atoms with van der Waals surface area (Å²) in [5, 5.41) is 16.6. The van der Waals surface area contributed by atoms with E-state index >= 15 is 0 Å². The van der Waals surface area contributed by atoms with Crippen molar-refractivity contribution in [1.82, 2.24) is 15.5 Å². The molecule has 1 heterocycles. The third-order valence-corrected chi connectivity index (χ3v) is 3.45. The molecule has 0 saturated heterocycles. The van der Waals surface area contributed by atoms with E-state index in [2.05, 4.69) is 26.1 Å². The number of rotatable bonds is 6. The lowest BCUT2D eigenvalue weighted by Gasteiger charge is -2.13. The summed E-state index contributed by atoms with van der Waals surface area (Å²) in [4.78, 5) is 11.7. The molecule has 0 bridgehead atoms. The zero-order valence-corrected chi connectivity index (χ0v) is 15.1. The maximum atomic E-state index is 11.7. The van der Waals surface area contributed by atoms with Crippen molar-refractivity contribution in [3.05, 3.63) is 66.7 Å². The number of aromatic nitrogens is 2. The smallest absolute Gasteiger partial charge is 0.320 e. The number of nitrogens with zero attached hydrogens (tertiary/aromatic N) is 2. The van der Waals surface area contributed by atoms with Crippen LogP contribution in [0.4, 0.5) is 22.1 Å². The third-order valence-electron chi connectivity index (χ3n) is 3.45. The first kappa shape index (κ1) is 18.2. The number of anilines is 3. The molecule has 138 valence electrons. The van der Waals surface area contributed by atoms with Crippen molar-refractivity contribution < 1.29 is 9.53 Å². The van der Waals surface area contributed by atoms with E-state index in [9.17, 15) is 4.79 Å². The molecule has 3 aromatic rings. The molecule has 0 aliphatic rings. The number of carbonyl (C=O) groups is 1. The second kappa shape index (κ2) is 8.66. The zero-order valence-electron chi connectivity index (χ0n) is 15.1. The van der Waals surface area contributed by atoms with Gasteiger partial charge in [0.1, 0.15) is 5.75 Å². The molecule has 0 aliphatic heterocycles. The zero-order chi connectivity index (χ0) is 19.1. The Kier molecular flexibility index (Phi) is 5.84. The van der Waals surface area contributed by atoms with Gasteiger partial charge in [0.2, 0.25) is 0 Å². The van der Waals surface area contributed by atoms with Gasteiger partial charge in [-0.15, -0.1) is 10.2 Å². The molecular formula is C20H21N5O2. The van der Waals surface area contributed by atoms with Crippen LogP contribution in [0.1, 0.15) is 13.8 Å². The summed E-state index contributed by atoms with van der Waals surface area (Å²) >= 11 is 0. The predicted molar refractivity (Wildman–Crippen MR) is 106 cm³/mol. The molecule has 1 aromatic heterocycles. The van der Waals surface area contributed by atoms with Crippen LogP contribution >= 0.6 is 0 Å². The maximum Gasteiger partial charge on any atom is 0.320 e. The van der Waals surface area contributed by atoms with Crippen LogP contribution < -0.4 is 20.7 Å². The van der Waals surface area contributed by atoms with Crippen LogP contribution in [-0.2, 0) is 0 Å². The molecule has 0 saturated carbocycles. The van der Waals surface area contributed by atoms with Crippen LogP contribution in [0.3, 0.4) is 0 Å². The number of ether oxygens (including phenoxy) is 1. The van der Waals surface area contributed by atoms with Crippen LogP contribution in [-0.4, -0.2) is 22.3 Å². The van der Waals surface area contributed by atoms with Gasteiger partial charge in [0.15, 0.2) is 17.4 Å². The van der Waals surface area contributed by atoms with Crippen molar-refractivity contribution in [2.24, 2.45) is 0 Å². The first-order valence-electron chi connectivity index (χ1n) is 8.60. The Labute approximate surface area is 157 Å². The molecule has 27 heavy (non-hydrogen) atoms. The molecule has 0 spiro atoms. The van der Waals surface area contributed by atoms with Gasteiger partial charge >= 0.3 is 6.03 Å². The Morgan fingerprint density at radius 1 is 0.889 bits per heavy atom. The molecule has 0 unspecified atom stereocenters. The number of benzene rings is 2. The molecule has 0 radical (unpaired) electrons. The van der Waals surface area contributed by atoms with Gasteiger partial charge in [0.05, 0.1) is 5.69 Å². The average Bonchev–Trinajstić information content (AvgIpc) is 2.65. The minimum absolute atomic E-state index is 0.0417. The number of amides is 2. The summed E-state index contributed by atoms with van der Waals surface area (Å²) < 4.78 is 5.92. The summed E-state index contributed by atoms with van der Waals surface area (Å²) in [6, 6.07) is 20.2. The topological polar surface area (TPSA) is 88.2 Å².